The SMILES string of the molecule is Cc1ocnc1C(=O)N1CCCC12CCCN(C(C)C)C2=O. The summed E-state index contributed by atoms with van der Waals surface area (Å²) in [5.41, 5.74) is -0.346. The van der Waals surface area contributed by atoms with Crippen molar-refractivity contribution in [1.82, 2.24) is 14.8 Å². The van der Waals surface area contributed by atoms with Crippen molar-refractivity contribution in [2.24, 2.45) is 0 Å². The molecule has 0 N–H and O–H groups in total. The third-order valence-corrected chi connectivity index (χ3v) is 4.95. The molecule has 0 bridgehead atoms. The van der Waals surface area contributed by atoms with Crippen LogP contribution in [0.15, 0.2) is 10.8 Å². The van der Waals surface area contributed by atoms with E-state index in [2.05, 4.69) is 4.98 Å². The average Bonchev–Trinajstić information content (AvgIpc) is 3.08. The third-order valence-electron chi connectivity index (χ3n) is 4.95. The molecule has 1 spiro atoms. The lowest BCUT2D eigenvalue weighted by Crippen LogP contribution is -2.62. The number of aryl methyl sites for hydroxylation is 1. The molecule has 2 amide bonds. The number of oxazole rings is 1. The van der Waals surface area contributed by atoms with E-state index in [9.17, 15) is 9.59 Å². The van der Waals surface area contributed by atoms with Crippen molar-refractivity contribution >= 4 is 11.8 Å². The maximum Gasteiger partial charge on any atom is 0.276 e. The molecule has 3 rings (SSSR count). The largest absolute Gasteiger partial charge is 0.448 e. The van der Waals surface area contributed by atoms with Crippen LogP contribution in [0.25, 0.3) is 0 Å². The van der Waals surface area contributed by atoms with Gasteiger partial charge in [-0.3, -0.25) is 9.59 Å². The van der Waals surface area contributed by atoms with Crippen LogP contribution in [0.1, 0.15) is 55.8 Å². The van der Waals surface area contributed by atoms with E-state index in [4.69, 9.17) is 4.42 Å². The first-order valence-corrected chi connectivity index (χ1v) is 8.00. The van der Waals surface area contributed by atoms with Gasteiger partial charge >= 0.3 is 0 Å². The lowest BCUT2D eigenvalue weighted by Gasteiger charge is -2.45. The summed E-state index contributed by atoms with van der Waals surface area (Å²) in [6.07, 6.45) is 4.58. The number of carbonyl (C=O) groups is 2. The standard InChI is InChI=1S/C16H23N3O3/c1-11(2)18-8-4-6-16(15(18)21)7-5-9-19(16)14(20)13-12(3)22-10-17-13/h10-11H,4-9H2,1-3H3. The highest BCUT2D eigenvalue weighted by Gasteiger charge is 2.53. The number of piperidine rings is 1. The quantitative estimate of drug-likeness (QED) is 0.838. The van der Waals surface area contributed by atoms with E-state index in [1.807, 2.05) is 18.7 Å². The molecular weight excluding hydrogens is 282 g/mol. The Morgan fingerprint density at radius 3 is 2.59 bits per heavy atom. The molecule has 120 valence electrons. The van der Waals surface area contributed by atoms with E-state index < -0.39 is 5.54 Å². The van der Waals surface area contributed by atoms with Crippen molar-refractivity contribution < 1.29 is 14.0 Å². The minimum Gasteiger partial charge on any atom is -0.448 e. The van der Waals surface area contributed by atoms with Crippen molar-refractivity contribution in [3.63, 3.8) is 0 Å². The summed E-state index contributed by atoms with van der Waals surface area (Å²) in [5, 5.41) is 0. The summed E-state index contributed by atoms with van der Waals surface area (Å²) in [7, 11) is 0. The Kier molecular flexibility index (Phi) is 3.70. The summed E-state index contributed by atoms with van der Waals surface area (Å²) < 4.78 is 5.15. The van der Waals surface area contributed by atoms with E-state index >= 15 is 0 Å². The first-order chi connectivity index (χ1) is 10.5. The molecule has 1 aromatic rings. The highest BCUT2D eigenvalue weighted by Crippen LogP contribution is 2.39. The first kappa shape index (κ1) is 15.1. The number of hydrogen-bond acceptors (Lipinski definition) is 4. The molecule has 2 fully saturated rings. The van der Waals surface area contributed by atoms with E-state index in [0.29, 0.717) is 18.0 Å². The highest BCUT2D eigenvalue weighted by atomic mass is 16.3. The van der Waals surface area contributed by atoms with Gasteiger partial charge in [-0.25, -0.2) is 4.98 Å². The summed E-state index contributed by atoms with van der Waals surface area (Å²) in [4.78, 5) is 33.6. The average molecular weight is 305 g/mol. The van der Waals surface area contributed by atoms with Crippen LogP contribution in [-0.4, -0.2) is 51.3 Å². The Morgan fingerprint density at radius 2 is 2.00 bits per heavy atom. The lowest BCUT2D eigenvalue weighted by atomic mass is 9.84. The van der Waals surface area contributed by atoms with E-state index in [-0.39, 0.29) is 17.9 Å². The summed E-state index contributed by atoms with van der Waals surface area (Å²) in [6.45, 7) is 7.18. The lowest BCUT2D eigenvalue weighted by molar-refractivity contribution is -0.147. The van der Waals surface area contributed by atoms with Crippen molar-refractivity contribution in [3.8, 4) is 0 Å². The molecule has 3 heterocycles. The molecule has 1 unspecified atom stereocenters. The summed E-state index contributed by atoms with van der Waals surface area (Å²) in [5.74, 6) is 0.430. The van der Waals surface area contributed by atoms with Crippen molar-refractivity contribution in [3.05, 3.63) is 17.8 Å². The van der Waals surface area contributed by atoms with E-state index in [0.717, 1.165) is 32.2 Å². The maximum atomic E-state index is 13.0. The molecule has 6 heteroatoms. The molecule has 0 aliphatic carbocycles. The van der Waals surface area contributed by atoms with Gasteiger partial charge in [0.15, 0.2) is 12.1 Å². The molecule has 1 aromatic heterocycles. The van der Waals surface area contributed by atoms with Gasteiger partial charge in [-0.15, -0.1) is 0 Å². The zero-order valence-electron chi connectivity index (χ0n) is 13.5. The fourth-order valence-electron chi connectivity index (χ4n) is 3.81. The smallest absolute Gasteiger partial charge is 0.276 e. The topological polar surface area (TPSA) is 66.7 Å². The second-order valence-corrected chi connectivity index (χ2v) is 6.54. The Labute approximate surface area is 130 Å². The predicted molar refractivity (Wildman–Crippen MR) is 80.3 cm³/mol. The number of rotatable bonds is 2. The Morgan fingerprint density at radius 1 is 1.32 bits per heavy atom. The molecular formula is C16H23N3O3. The normalized spacial score (nSPS) is 25.5. The second-order valence-electron chi connectivity index (χ2n) is 6.54. The minimum atomic E-state index is -0.676. The number of aromatic nitrogens is 1. The molecule has 2 saturated heterocycles. The zero-order valence-corrected chi connectivity index (χ0v) is 13.5. The van der Waals surface area contributed by atoms with Gasteiger partial charge in [-0.05, 0) is 46.5 Å². The summed E-state index contributed by atoms with van der Waals surface area (Å²) >= 11 is 0. The number of carbonyl (C=O) groups excluding carboxylic acids is 2. The molecule has 2 aliphatic rings. The van der Waals surface area contributed by atoms with Crippen LogP contribution in [0.2, 0.25) is 0 Å². The monoisotopic (exact) mass is 305 g/mol. The first-order valence-electron chi connectivity index (χ1n) is 8.00. The minimum absolute atomic E-state index is 0.0979. The van der Waals surface area contributed by atoms with Crippen LogP contribution in [-0.2, 0) is 4.79 Å². The molecule has 2 aliphatic heterocycles. The third kappa shape index (κ3) is 2.12. The number of amides is 2. The van der Waals surface area contributed by atoms with Gasteiger partial charge < -0.3 is 14.2 Å². The number of likely N-dealkylation sites (tertiary alicyclic amines) is 2. The van der Waals surface area contributed by atoms with Gasteiger partial charge in [0.05, 0.1) is 0 Å². The second kappa shape index (κ2) is 5.41. The van der Waals surface area contributed by atoms with Crippen LogP contribution in [0, 0.1) is 6.92 Å². The van der Waals surface area contributed by atoms with Crippen LogP contribution in [0.5, 0.6) is 0 Å². The summed E-state index contributed by atoms with van der Waals surface area (Å²) in [6, 6.07) is 0.163. The van der Waals surface area contributed by atoms with Gasteiger partial charge in [0, 0.05) is 19.1 Å². The zero-order chi connectivity index (χ0) is 15.9. The molecule has 0 aromatic carbocycles. The molecule has 6 nitrogen and oxygen atoms in total. The fraction of sp³-hybridized carbons (Fsp3) is 0.688. The Balaban J connectivity index is 1.93. The molecule has 0 radical (unpaired) electrons. The molecule has 1 atom stereocenters. The van der Waals surface area contributed by atoms with Gasteiger partial charge in [-0.2, -0.15) is 0 Å². The van der Waals surface area contributed by atoms with Gasteiger partial charge in [0.25, 0.3) is 5.91 Å². The Bertz CT molecular complexity index is 595. The predicted octanol–water partition coefficient (Wildman–Crippen LogP) is 1.99. The van der Waals surface area contributed by atoms with Gasteiger partial charge in [0.1, 0.15) is 11.3 Å². The maximum absolute atomic E-state index is 13.0. The van der Waals surface area contributed by atoms with Crippen molar-refractivity contribution in [2.45, 2.75) is 58.0 Å². The van der Waals surface area contributed by atoms with Gasteiger partial charge in [0.2, 0.25) is 5.91 Å². The molecule has 0 saturated carbocycles. The van der Waals surface area contributed by atoms with Crippen LogP contribution < -0.4 is 0 Å². The van der Waals surface area contributed by atoms with Crippen LogP contribution in [0.4, 0.5) is 0 Å². The number of hydrogen-bond donors (Lipinski definition) is 0. The van der Waals surface area contributed by atoms with Gasteiger partial charge in [-0.1, -0.05) is 0 Å². The fourth-order valence-corrected chi connectivity index (χ4v) is 3.81. The van der Waals surface area contributed by atoms with E-state index in [1.54, 1.807) is 11.8 Å². The van der Waals surface area contributed by atoms with Crippen molar-refractivity contribution in [1.29, 1.82) is 0 Å². The van der Waals surface area contributed by atoms with Crippen LogP contribution in [0.3, 0.4) is 0 Å². The van der Waals surface area contributed by atoms with Crippen molar-refractivity contribution in [2.75, 3.05) is 13.1 Å². The van der Waals surface area contributed by atoms with E-state index in [1.165, 1.54) is 6.39 Å². The number of nitrogens with zero attached hydrogens (tertiary/aromatic N) is 3. The highest BCUT2D eigenvalue weighted by molar-refractivity contribution is 5.99. The van der Waals surface area contributed by atoms with Crippen LogP contribution >= 0.6 is 0 Å². The molecule has 22 heavy (non-hydrogen) atoms. The Hall–Kier alpha value is -1.85.